The molecule has 0 radical (unpaired) electrons. The van der Waals surface area contributed by atoms with E-state index >= 15 is 4.39 Å². The lowest BCUT2D eigenvalue weighted by Gasteiger charge is -2.29. The zero-order valence-corrected chi connectivity index (χ0v) is 20.5. The van der Waals surface area contributed by atoms with E-state index in [4.69, 9.17) is 0 Å². The molecule has 3 aromatic heterocycles. The van der Waals surface area contributed by atoms with E-state index in [9.17, 15) is 12.8 Å². The number of hydrogen-bond acceptors (Lipinski definition) is 6. The van der Waals surface area contributed by atoms with E-state index in [2.05, 4.69) is 31.8 Å². The number of anilines is 1. The third kappa shape index (κ3) is 4.53. The Hall–Kier alpha value is -3.66. The molecule has 1 unspecified atom stereocenters. The zero-order valence-electron chi connectivity index (χ0n) is 19.7. The van der Waals surface area contributed by atoms with E-state index in [0.29, 0.717) is 0 Å². The molecule has 0 aliphatic carbocycles. The zero-order chi connectivity index (χ0) is 25.5. The minimum Gasteiger partial charge on any atom is -0.361 e. The van der Waals surface area contributed by atoms with E-state index < -0.39 is 26.4 Å². The first-order valence-corrected chi connectivity index (χ1v) is 12.3. The fraction of sp³-hybridized carbons (Fsp3) is 0.240. The Kier molecular flexibility index (Phi) is 6.18. The van der Waals surface area contributed by atoms with Crippen molar-refractivity contribution in [3.8, 4) is 11.4 Å². The predicted octanol–water partition coefficient (Wildman–Crippen LogP) is 5.45. The van der Waals surface area contributed by atoms with Crippen molar-refractivity contribution in [1.29, 1.82) is 0 Å². The molecule has 3 heterocycles. The number of nitrogens with one attached hydrogen (secondary N) is 2. The number of nitrogens with zero attached hydrogens (tertiary/aromatic N) is 3. The Labute approximate surface area is 202 Å². The second-order valence-electron chi connectivity index (χ2n) is 9.29. The van der Waals surface area contributed by atoms with Gasteiger partial charge in [0, 0.05) is 11.8 Å². The number of H-pyrrole nitrogens is 1. The van der Waals surface area contributed by atoms with Crippen molar-refractivity contribution in [1.82, 2.24) is 19.9 Å². The highest BCUT2D eigenvalue weighted by molar-refractivity contribution is 7.91. The fourth-order valence-corrected chi connectivity index (χ4v) is 5.21. The molecule has 0 aliphatic rings. The van der Waals surface area contributed by atoms with Crippen LogP contribution in [-0.2, 0) is 9.84 Å². The number of rotatable bonds is 6. The van der Waals surface area contributed by atoms with Crippen molar-refractivity contribution in [2.45, 2.75) is 43.5 Å². The lowest BCUT2D eigenvalue weighted by Crippen LogP contribution is -2.32. The lowest BCUT2D eigenvalue weighted by atomic mass is 9.87. The third-order valence-corrected chi connectivity index (χ3v) is 7.49. The maximum Gasteiger partial charge on any atom is 0.210 e. The standard InChI is InChI=1S/C25H25F2N5O2S/c1-6-19(25(3,4)5)31-23-18(27)13-29-22(32-23)16-11-28-24-20(16)21(17(26)12-30-24)35(33,34)15-9-7-14(2)8-10-15/h6-13,19H,1H2,2-5H3,(H,28,30)(H,29,31,32). The van der Waals surface area contributed by atoms with Gasteiger partial charge < -0.3 is 10.3 Å². The van der Waals surface area contributed by atoms with Crippen LogP contribution in [0.5, 0.6) is 0 Å². The maximum absolute atomic E-state index is 15.1. The summed E-state index contributed by atoms with van der Waals surface area (Å²) in [5.74, 6) is -1.79. The summed E-state index contributed by atoms with van der Waals surface area (Å²) in [5.41, 5.74) is 0.877. The number of fused-ring (bicyclic) bond motifs is 1. The molecular formula is C25H25F2N5O2S. The van der Waals surface area contributed by atoms with Gasteiger partial charge >= 0.3 is 0 Å². The number of aryl methyl sites for hydroxylation is 1. The molecule has 7 nitrogen and oxygen atoms in total. The smallest absolute Gasteiger partial charge is 0.210 e. The SMILES string of the molecule is C=CC(Nc1nc(-c2c[nH]c3ncc(F)c(S(=O)(=O)c4ccc(C)cc4)c23)ncc1F)C(C)(C)C. The molecule has 0 bridgehead atoms. The van der Waals surface area contributed by atoms with Gasteiger partial charge in [-0.05, 0) is 24.5 Å². The molecule has 4 aromatic rings. The number of aromatic nitrogens is 4. The largest absolute Gasteiger partial charge is 0.361 e. The van der Waals surface area contributed by atoms with Gasteiger partial charge in [0.15, 0.2) is 23.3 Å². The van der Waals surface area contributed by atoms with Crippen molar-refractivity contribution in [2.24, 2.45) is 5.41 Å². The summed E-state index contributed by atoms with van der Waals surface area (Å²) >= 11 is 0. The number of pyridine rings is 1. The Bertz CT molecular complexity index is 1520. The summed E-state index contributed by atoms with van der Waals surface area (Å²) in [5, 5.41) is 3.00. The average molecular weight is 498 g/mol. The number of halogens is 2. The predicted molar refractivity (Wildman–Crippen MR) is 131 cm³/mol. The van der Waals surface area contributed by atoms with Crippen LogP contribution >= 0.6 is 0 Å². The summed E-state index contributed by atoms with van der Waals surface area (Å²) in [6.07, 6.45) is 4.91. The van der Waals surface area contributed by atoms with Crippen molar-refractivity contribution in [3.05, 3.63) is 72.7 Å². The Morgan fingerprint density at radius 3 is 2.37 bits per heavy atom. The number of hydrogen-bond donors (Lipinski definition) is 2. The van der Waals surface area contributed by atoms with Gasteiger partial charge in [-0.25, -0.2) is 32.2 Å². The maximum atomic E-state index is 15.1. The third-order valence-electron chi connectivity index (χ3n) is 5.66. The van der Waals surface area contributed by atoms with Gasteiger partial charge in [-0.15, -0.1) is 6.58 Å². The lowest BCUT2D eigenvalue weighted by molar-refractivity contribution is 0.383. The highest BCUT2D eigenvalue weighted by atomic mass is 32.2. The first-order chi connectivity index (χ1) is 16.4. The van der Waals surface area contributed by atoms with Crippen LogP contribution in [0.25, 0.3) is 22.4 Å². The monoisotopic (exact) mass is 497 g/mol. The van der Waals surface area contributed by atoms with Crippen molar-refractivity contribution < 1.29 is 17.2 Å². The normalized spacial score (nSPS) is 13.1. The van der Waals surface area contributed by atoms with E-state index in [1.165, 1.54) is 18.3 Å². The molecule has 0 amide bonds. The molecule has 0 spiro atoms. The van der Waals surface area contributed by atoms with Crippen LogP contribution in [-0.4, -0.2) is 34.4 Å². The van der Waals surface area contributed by atoms with E-state index in [1.54, 1.807) is 18.2 Å². The molecule has 1 aromatic carbocycles. The second-order valence-corrected chi connectivity index (χ2v) is 11.2. The molecule has 0 saturated heterocycles. The second kappa shape index (κ2) is 8.84. The topological polar surface area (TPSA) is 101 Å². The molecule has 35 heavy (non-hydrogen) atoms. The van der Waals surface area contributed by atoms with Gasteiger partial charge in [-0.2, -0.15) is 0 Å². The average Bonchev–Trinajstić information content (AvgIpc) is 3.21. The van der Waals surface area contributed by atoms with Crippen LogP contribution in [0.15, 0.2) is 65.3 Å². The molecule has 182 valence electrons. The number of aromatic amines is 1. The van der Waals surface area contributed by atoms with Crippen LogP contribution in [0.2, 0.25) is 0 Å². The quantitative estimate of drug-likeness (QED) is 0.344. The van der Waals surface area contributed by atoms with Crippen molar-refractivity contribution in [3.63, 3.8) is 0 Å². The summed E-state index contributed by atoms with van der Waals surface area (Å²) in [7, 11) is -4.27. The van der Waals surface area contributed by atoms with Gasteiger partial charge in [0.05, 0.1) is 28.7 Å². The molecular weight excluding hydrogens is 472 g/mol. The van der Waals surface area contributed by atoms with Gasteiger partial charge in [-0.1, -0.05) is 44.5 Å². The molecule has 0 fully saturated rings. The van der Waals surface area contributed by atoms with E-state index in [0.717, 1.165) is 18.0 Å². The van der Waals surface area contributed by atoms with Crippen LogP contribution in [0.3, 0.4) is 0 Å². The molecule has 0 saturated carbocycles. The molecule has 0 aliphatic heterocycles. The van der Waals surface area contributed by atoms with Crippen molar-refractivity contribution in [2.75, 3.05) is 5.32 Å². The van der Waals surface area contributed by atoms with Gasteiger partial charge in [0.1, 0.15) is 10.5 Å². The van der Waals surface area contributed by atoms with Gasteiger partial charge in [0.25, 0.3) is 0 Å². The minimum atomic E-state index is -4.27. The van der Waals surface area contributed by atoms with E-state index in [-0.39, 0.29) is 44.6 Å². The highest BCUT2D eigenvalue weighted by Gasteiger charge is 2.29. The fourth-order valence-electron chi connectivity index (χ4n) is 3.69. The Morgan fingerprint density at radius 2 is 1.74 bits per heavy atom. The first kappa shape index (κ1) is 24.5. The van der Waals surface area contributed by atoms with E-state index in [1.807, 2.05) is 27.7 Å². The Morgan fingerprint density at radius 1 is 1.09 bits per heavy atom. The Balaban J connectivity index is 1.91. The minimum absolute atomic E-state index is 0.00428. The molecule has 1 atom stereocenters. The highest BCUT2D eigenvalue weighted by Crippen LogP contribution is 2.36. The molecule has 10 heteroatoms. The van der Waals surface area contributed by atoms with Gasteiger partial charge in [0.2, 0.25) is 9.84 Å². The first-order valence-electron chi connectivity index (χ1n) is 10.8. The summed E-state index contributed by atoms with van der Waals surface area (Å²) in [6.45, 7) is 11.5. The van der Waals surface area contributed by atoms with Crippen molar-refractivity contribution >= 4 is 26.7 Å². The summed E-state index contributed by atoms with van der Waals surface area (Å²) in [4.78, 5) is 14.6. The molecule has 4 rings (SSSR count). The van der Waals surface area contributed by atoms with Crippen LogP contribution in [0.1, 0.15) is 26.3 Å². The number of benzene rings is 1. The number of sulfone groups is 1. The van der Waals surface area contributed by atoms with Crippen LogP contribution in [0.4, 0.5) is 14.6 Å². The van der Waals surface area contributed by atoms with Crippen LogP contribution < -0.4 is 5.32 Å². The summed E-state index contributed by atoms with van der Waals surface area (Å²) in [6, 6.07) is 5.78. The van der Waals surface area contributed by atoms with Gasteiger partial charge in [-0.3, -0.25) is 0 Å². The van der Waals surface area contributed by atoms with Crippen LogP contribution in [0, 0.1) is 24.0 Å². The molecule has 2 N–H and O–H groups in total. The summed E-state index contributed by atoms with van der Waals surface area (Å²) < 4.78 is 56.6.